The fourth-order valence-electron chi connectivity index (χ4n) is 2.04. The summed E-state index contributed by atoms with van der Waals surface area (Å²) in [4.78, 5) is 24.2. The molecule has 0 spiro atoms. The van der Waals surface area contributed by atoms with Crippen LogP contribution in [0.5, 0.6) is 5.88 Å². The van der Waals surface area contributed by atoms with Crippen LogP contribution in [0.3, 0.4) is 0 Å². The molecule has 0 bridgehead atoms. The number of fused-ring (bicyclic) bond motifs is 1. The van der Waals surface area contributed by atoms with Gasteiger partial charge in [0.2, 0.25) is 5.88 Å². The molecule has 1 N–H and O–H groups in total. The molecule has 0 saturated heterocycles. The van der Waals surface area contributed by atoms with Gasteiger partial charge in [-0.15, -0.1) is 0 Å². The maximum atomic E-state index is 12.0. The molecule has 0 radical (unpaired) electrons. The minimum absolute atomic E-state index is 0.125. The fourth-order valence-corrected chi connectivity index (χ4v) is 2.04. The highest BCUT2D eigenvalue weighted by atomic mass is 16.5. The van der Waals surface area contributed by atoms with E-state index in [0.29, 0.717) is 11.6 Å². The third kappa shape index (κ3) is 3.17. The molecule has 6 nitrogen and oxygen atoms in total. The number of aryl methyl sites for hydroxylation is 1. The van der Waals surface area contributed by atoms with Crippen LogP contribution in [-0.4, -0.2) is 27.5 Å². The van der Waals surface area contributed by atoms with Crippen molar-refractivity contribution in [2.24, 2.45) is 0 Å². The zero-order valence-electron chi connectivity index (χ0n) is 12.0. The van der Waals surface area contributed by atoms with Crippen LogP contribution >= 0.6 is 0 Å². The van der Waals surface area contributed by atoms with E-state index in [2.05, 4.69) is 20.3 Å². The number of carbonyl (C=O) groups excluding carboxylic acids is 1. The van der Waals surface area contributed by atoms with Crippen LogP contribution in [0, 0.1) is 6.92 Å². The minimum Gasteiger partial charge on any atom is -0.467 e. The SMILES string of the molecule is Cc1cc(OCC(=O)Nc2cccc3cccnc23)ncn1. The molecule has 0 saturated carbocycles. The standard InChI is InChI=1S/C16H14N4O2/c1-11-8-15(19-10-18-11)22-9-14(21)20-13-6-2-4-12-5-3-7-17-16(12)13/h2-8,10H,9H2,1H3,(H,20,21). The van der Waals surface area contributed by atoms with Crippen LogP contribution in [-0.2, 0) is 4.79 Å². The molecule has 1 amide bonds. The Labute approximate surface area is 127 Å². The van der Waals surface area contributed by atoms with Crippen molar-refractivity contribution in [1.29, 1.82) is 0 Å². The van der Waals surface area contributed by atoms with Gasteiger partial charge in [0.05, 0.1) is 11.2 Å². The maximum absolute atomic E-state index is 12.0. The normalized spacial score (nSPS) is 10.4. The van der Waals surface area contributed by atoms with E-state index in [4.69, 9.17) is 4.74 Å². The molecule has 0 aliphatic heterocycles. The van der Waals surface area contributed by atoms with Gasteiger partial charge in [0, 0.05) is 23.3 Å². The first-order valence-electron chi connectivity index (χ1n) is 6.77. The number of aromatic nitrogens is 3. The van der Waals surface area contributed by atoms with Crippen molar-refractivity contribution in [2.75, 3.05) is 11.9 Å². The van der Waals surface area contributed by atoms with E-state index in [0.717, 1.165) is 16.6 Å². The second-order valence-corrected chi connectivity index (χ2v) is 4.72. The molecule has 0 aliphatic rings. The summed E-state index contributed by atoms with van der Waals surface area (Å²) in [5, 5.41) is 3.77. The van der Waals surface area contributed by atoms with Crippen LogP contribution in [0.2, 0.25) is 0 Å². The lowest BCUT2D eigenvalue weighted by atomic mass is 10.2. The highest BCUT2D eigenvalue weighted by Crippen LogP contribution is 2.20. The minimum atomic E-state index is -0.269. The van der Waals surface area contributed by atoms with Crippen molar-refractivity contribution in [3.8, 4) is 5.88 Å². The van der Waals surface area contributed by atoms with Gasteiger partial charge in [0.15, 0.2) is 6.61 Å². The molecule has 3 aromatic rings. The molecule has 2 aromatic heterocycles. The first kappa shape index (κ1) is 13.9. The highest BCUT2D eigenvalue weighted by molar-refractivity contribution is 6.00. The molecule has 2 heterocycles. The molecule has 0 fully saturated rings. The van der Waals surface area contributed by atoms with Crippen LogP contribution in [0.1, 0.15) is 5.69 Å². The molecule has 110 valence electrons. The molecule has 0 aliphatic carbocycles. The Morgan fingerprint density at radius 2 is 2.05 bits per heavy atom. The maximum Gasteiger partial charge on any atom is 0.262 e. The Bertz CT molecular complexity index is 815. The Hall–Kier alpha value is -3.02. The summed E-state index contributed by atoms with van der Waals surface area (Å²) < 4.78 is 5.35. The number of amides is 1. The van der Waals surface area contributed by atoms with Crippen LogP contribution in [0.4, 0.5) is 5.69 Å². The Morgan fingerprint density at radius 1 is 1.18 bits per heavy atom. The predicted molar refractivity (Wildman–Crippen MR) is 82.6 cm³/mol. The lowest BCUT2D eigenvalue weighted by Crippen LogP contribution is -2.20. The number of nitrogens with zero attached hydrogens (tertiary/aromatic N) is 3. The third-order valence-electron chi connectivity index (χ3n) is 3.04. The molecule has 0 atom stereocenters. The average Bonchev–Trinajstić information content (AvgIpc) is 2.53. The van der Waals surface area contributed by atoms with Gasteiger partial charge < -0.3 is 10.1 Å². The number of benzene rings is 1. The van der Waals surface area contributed by atoms with Crippen molar-refractivity contribution < 1.29 is 9.53 Å². The van der Waals surface area contributed by atoms with Gasteiger partial charge in [-0.25, -0.2) is 9.97 Å². The number of ether oxygens (including phenoxy) is 1. The van der Waals surface area contributed by atoms with Gasteiger partial charge in [-0.1, -0.05) is 18.2 Å². The molecular formula is C16H14N4O2. The topological polar surface area (TPSA) is 77.0 Å². The average molecular weight is 294 g/mol. The molecular weight excluding hydrogens is 280 g/mol. The van der Waals surface area contributed by atoms with Gasteiger partial charge >= 0.3 is 0 Å². The van der Waals surface area contributed by atoms with Crippen LogP contribution in [0.25, 0.3) is 10.9 Å². The van der Waals surface area contributed by atoms with E-state index >= 15 is 0 Å². The zero-order chi connectivity index (χ0) is 15.4. The number of carbonyl (C=O) groups is 1. The van der Waals surface area contributed by atoms with E-state index in [1.54, 1.807) is 12.3 Å². The number of hydrogen-bond acceptors (Lipinski definition) is 5. The zero-order valence-corrected chi connectivity index (χ0v) is 12.0. The van der Waals surface area contributed by atoms with Crippen molar-refractivity contribution in [1.82, 2.24) is 15.0 Å². The molecule has 6 heteroatoms. The quantitative estimate of drug-likeness (QED) is 0.799. The first-order chi connectivity index (χ1) is 10.7. The van der Waals surface area contributed by atoms with Gasteiger partial charge in [0.1, 0.15) is 6.33 Å². The van der Waals surface area contributed by atoms with E-state index in [1.165, 1.54) is 6.33 Å². The second kappa shape index (κ2) is 6.17. The summed E-state index contributed by atoms with van der Waals surface area (Å²) in [6.45, 7) is 1.70. The number of nitrogens with one attached hydrogen (secondary N) is 1. The third-order valence-corrected chi connectivity index (χ3v) is 3.04. The van der Waals surface area contributed by atoms with Crippen molar-refractivity contribution in [2.45, 2.75) is 6.92 Å². The lowest BCUT2D eigenvalue weighted by Gasteiger charge is -2.09. The molecule has 0 unspecified atom stereocenters. The van der Waals surface area contributed by atoms with Crippen LogP contribution in [0.15, 0.2) is 48.9 Å². The van der Waals surface area contributed by atoms with E-state index in [9.17, 15) is 4.79 Å². The number of rotatable bonds is 4. The summed E-state index contributed by atoms with van der Waals surface area (Å²) >= 11 is 0. The van der Waals surface area contributed by atoms with Gasteiger partial charge in [0.25, 0.3) is 5.91 Å². The number of para-hydroxylation sites is 1. The largest absolute Gasteiger partial charge is 0.467 e. The molecule has 3 rings (SSSR count). The summed E-state index contributed by atoms with van der Waals surface area (Å²) in [5.41, 5.74) is 2.19. The fraction of sp³-hybridized carbons (Fsp3) is 0.125. The van der Waals surface area contributed by atoms with Gasteiger partial charge in [-0.05, 0) is 19.1 Å². The highest BCUT2D eigenvalue weighted by Gasteiger charge is 2.08. The van der Waals surface area contributed by atoms with Crippen molar-refractivity contribution in [3.05, 3.63) is 54.6 Å². The first-order valence-corrected chi connectivity index (χ1v) is 6.77. The summed E-state index contributed by atoms with van der Waals surface area (Å²) in [7, 11) is 0. The predicted octanol–water partition coefficient (Wildman–Crippen LogP) is 2.35. The second-order valence-electron chi connectivity index (χ2n) is 4.72. The molecule has 1 aromatic carbocycles. The van der Waals surface area contributed by atoms with Crippen molar-refractivity contribution >= 4 is 22.5 Å². The van der Waals surface area contributed by atoms with Crippen molar-refractivity contribution in [3.63, 3.8) is 0 Å². The summed E-state index contributed by atoms with van der Waals surface area (Å²) in [6, 6.07) is 11.1. The number of pyridine rings is 1. The molecule has 22 heavy (non-hydrogen) atoms. The smallest absolute Gasteiger partial charge is 0.262 e. The van der Waals surface area contributed by atoms with E-state index < -0.39 is 0 Å². The Morgan fingerprint density at radius 3 is 2.91 bits per heavy atom. The Balaban J connectivity index is 1.68. The van der Waals surface area contributed by atoms with Gasteiger partial charge in [-0.2, -0.15) is 0 Å². The summed E-state index contributed by atoms with van der Waals surface area (Å²) in [5.74, 6) is 0.105. The summed E-state index contributed by atoms with van der Waals surface area (Å²) in [6.07, 6.45) is 3.09. The van der Waals surface area contributed by atoms with Gasteiger partial charge in [-0.3, -0.25) is 9.78 Å². The lowest BCUT2D eigenvalue weighted by molar-refractivity contribution is -0.118. The van der Waals surface area contributed by atoms with E-state index in [-0.39, 0.29) is 12.5 Å². The number of hydrogen-bond donors (Lipinski definition) is 1. The monoisotopic (exact) mass is 294 g/mol. The Kier molecular flexibility index (Phi) is 3.91. The van der Waals surface area contributed by atoms with E-state index in [1.807, 2.05) is 37.3 Å². The van der Waals surface area contributed by atoms with Crippen LogP contribution < -0.4 is 10.1 Å². The number of anilines is 1.